The van der Waals surface area contributed by atoms with Crippen molar-refractivity contribution in [2.45, 2.75) is 32.7 Å². The van der Waals surface area contributed by atoms with Gasteiger partial charge in [0.1, 0.15) is 12.1 Å². The highest BCUT2D eigenvalue weighted by atomic mass is 16.2. The first kappa shape index (κ1) is 15.7. The average Bonchev–Trinajstić information content (AvgIpc) is 3.19. The van der Waals surface area contributed by atoms with Gasteiger partial charge in [0, 0.05) is 42.5 Å². The summed E-state index contributed by atoms with van der Waals surface area (Å²) in [6, 6.07) is 4.27. The van der Waals surface area contributed by atoms with Crippen molar-refractivity contribution >= 4 is 27.8 Å². The zero-order valence-electron chi connectivity index (χ0n) is 14.5. The van der Waals surface area contributed by atoms with Gasteiger partial charge in [-0.15, -0.1) is 0 Å². The Balaban J connectivity index is 1.80. The fraction of sp³-hybridized carbons (Fsp3) is 0.421. The highest BCUT2D eigenvalue weighted by Crippen LogP contribution is 2.34. The van der Waals surface area contributed by atoms with Gasteiger partial charge in [-0.1, -0.05) is 6.92 Å². The van der Waals surface area contributed by atoms with Crippen LogP contribution in [0, 0.1) is 24.2 Å². The maximum Gasteiger partial charge on any atom is 0.236 e. The molecule has 1 saturated heterocycles. The van der Waals surface area contributed by atoms with Crippen LogP contribution >= 0.6 is 0 Å². The fourth-order valence-corrected chi connectivity index (χ4v) is 3.98. The van der Waals surface area contributed by atoms with Crippen molar-refractivity contribution in [2.24, 2.45) is 5.92 Å². The molecule has 4 rings (SSSR count). The van der Waals surface area contributed by atoms with Gasteiger partial charge in [-0.25, -0.2) is 4.98 Å². The number of fused-ring (bicyclic) bond motifs is 3. The number of nitrogens with one attached hydrogen (secondary N) is 1. The SMILES string of the molecule is Cc1c[nH]c2ncc3ccn([C@H]4CN(C(=O)CC#N)CC[C@H]4C)c3c12. The second-order valence-corrected chi connectivity index (χ2v) is 6.99. The van der Waals surface area contributed by atoms with Crippen molar-refractivity contribution in [3.63, 3.8) is 0 Å². The van der Waals surface area contributed by atoms with E-state index in [0.29, 0.717) is 12.5 Å². The Hall–Kier alpha value is -2.81. The fourth-order valence-electron chi connectivity index (χ4n) is 3.98. The van der Waals surface area contributed by atoms with Crippen LogP contribution in [0.25, 0.3) is 21.9 Å². The van der Waals surface area contributed by atoms with Gasteiger partial charge in [0.25, 0.3) is 0 Å². The van der Waals surface area contributed by atoms with Crippen molar-refractivity contribution in [3.8, 4) is 6.07 Å². The van der Waals surface area contributed by atoms with Crippen LogP contribution in [-0.4, -0.2) is 38.4 Å². The number of nitriles is 1. The Labute approximate surface area is 146 Å². The number of pyridine rings is 1. The summed E-state index contributed by atoms with van der Waals surface area (Å²) in [5, 5.41) is 11.1. The number of aromatic nitrogens is 3. The van der Waals surface area contributed by atoms with Crippen LogP contribution in [0.15, 0.2) is 24.7 Å². The minimum absolute atomic E-state index is 0.0430. The number of rotatable bonds is 2. The summed E-state index contributed by atoms with van der Waals surface area (Å²) in [6.45, 7) is 5.71. The molecule has 4 heterocycles. The molecule has 6 heteroatoms. The first-order valence-electron chi connectivity index (χ1n) is 8.68. The van der Waals surface area contributed by atoms with E-state index in [1.54, 1.807) is 0 Å². The molecule has 3 aromatic rings. The van der Waals surface area contributed by atoms with Crippen LogP contribution in [0.3, 0.4) is 0 Å². The Morgan fingerprint density at radius 1 is 1.52 bits per heavy atom. The van der Waals surface area contributed by atoms with Crippen molar-refractivity contribution in [1.82, 2.24) is 19.4 Å². The number of carbonyl (C=O) groups is 1. The number of H-pyrrole nitrogens is 1. The van der Waals surface area contributed by atoms with Crippen LogP contribution < -0.4 is 0 Å². The molecule has 0 radical (unpaired) electrons. The molecule has 0 aliphatic carbocycles. The number of piperidine rings is 1. The van der Waals surface area contributed by atoms with Gasteiger partial charge < -0.3 is 14.5 Å². The second-order valence-electron chi connectivity index (χ2n) is 6.99. The third-order valence-electron chi connectivity index (χ3n) is 5.43. The maximum atomic E-state index is 12.2. The van der Waals surface area contributed by atoms with Gasteiger partial charge in [0.2, 0.25) is 5.91 Å². The number of aryl methyl sites for hydroxylation is 1. The lowest BCUT2D eigenvalue weighted by molar-refractivity contribution is -0.132. The summed E-state index contributed by atoms with van der Waals surface area (Å²) in [6.07, 6.45) is 6.90. The summed E-state index contributed by atoms with van der Waals surface area (Å²) < 4.78 is 2.30. The third kappa shape index (κ3) is 2.47. The molecule has 1 N–H and O–H groups in total. The first-order valence-corrected chi connectivity index (χ1v) is 8.68. The van der Waals surface area contributed by atoms with E-state index in [0.717, 1.165) is 29.4 Å². The van der Waals surface area contributed by atoms with Crippen LogP contribution in [0.2, 0.25) is 0 Å². The largest absolute Gasteiger partial charge is 0.346 e. The van der Waals surface area contributed by atoms with E-state index in [-0.39, 0.29) is 18.4 Å². The van der Waals surface area contributed by atoms with E-state index in [9.17, 15) is 4.79 Å². The van der Waals surface area contributed by atoms with Crippen LogP contribution in [0.4, 0.5) is 0 Å². The lowest BCUT2D eigenvalue weighted by Crippen LogP contribution is -2.43. The van der Waals surface area contributed by atoms with Crippen molar-refractivity contribution in [3.05, 3.63) is 30.2 Å². The topological polar surface area (TPSA) is 77.7 Å². The molecule has 0 saturated carbocycles. The summed E-state index contributed by atoms with van der Waals surface area (Å²) in [7, 11) is 0. The Bertz CT molecular complexity index is 992. The molecule has 3 aromatic heterocycles. The van der Waals surface area contributed by atoms with Gasteiger partial charge >= 0.3 is 0 Å². The number of hydrogen-bond acceptors (Lipinski definition) is 3. The van der Waals surface area contributed by atoms with Crippen LogP contribution in [0.1, 0.15) is 31.4 Å². The Kier molecular flexibility index (Phi) is 3.72. The predicted octanol–water partition coefficient (Wildman–Crippen LogP) is 3.15. The molecular formula is C19H21N5O. The smallest absolute Gasteiger partial charge is 0.236 e. The molecule has 1 amide bonds. The zero-order valence-corrected chi connectivity index (χ0v) is 14.5. The normalized spacial score (nSPS) is 20.9. The standard InChI is InChI=1S/C19H21N5O/c1-12-4-7-23(16(25)3-6-20)11-15(12)24-8-5-14-10-22-19-17(18(14)24)13(2)9-21-19/h5,8-10,12,15H,3-4,7,11H2,1-2H3,(H,21,22)/t12-,15+/m1/s1. The molecule has 0 spiro atoms. The summed E-state index contributed by atoms with van der Waals surface area (Å²) in [5.41, 5.74) is 3.25. The summed E-state index contributed by atoms with van der Waals surface area (Å²) in [5.74, 6) is 0.393. The molecule has 1 aliphatic heterocycles. The first-order chi connectivity index (χ1) is 12.1. The highest BCUT2D eigenvalue weighted by Gasteiger charge is 2.31. The second kappa shape index (κ2) is 5.92. The molecule has 1 fully saturated rings. The minimum atomic E-state index is -0.0690. The minimum Gasteiger partial charge on any atom is -0.346 e. The van der Waals surface area contributed by atoms with Gasteiger partial charge in [0.05, 0.1) is 17.6 Å². The number of amides is 1. The van der Waals surface area contributed by atoms with Crippen molar-refractivity contribution in [1.29, 1.82) is 5.26 Å². The number of likely N-dealkylation sites (tertiary alicyclic amines) is 1. The summed E-state index contributed by atoms with van der Waals surface area (Å²) in [4.78, 5) is 21.8. The molecule has 128 valence electrons. The third-order valence-corrected chi connectivity index (χ3v) is 5.43. The Morgan fingerprint density at radius 2 is 2.36 bits per heavy atom. The molecule has 0 bridgehead atoms. The molecular weight excluding hydrogens is 314 g/mol. The molecule has 0 aromatic carbocycles. The number of aromatic amines is 1. The molecule has 6 nitrogen and oxygen atoms in total. The maximum absolute atomic E-state index is 12.2. The predicted molar refractivity (Wildman–Crippen MR) is 96.0 cm³/mol. The van der Waals surface area contributed by atoms with Gasteiger partial charge in [-0.3, -0.25) is 4.79 Å². The van der Waals surface area contributed by atoms with Gasteiger partial charge in [-0.05, 0) is 30.9 Å². The van der Waals surface area contributed by atoms with Crippen LogP contribution in [0.5, 0.6) is 0 Å². The van der Waals surface area contributed by atoms with Crippen molar-refractivity contribution in [2.75, 3.05) is 13.1 Å². The number of carbonyl (C=O) groups excluding carboxylic acids is 1. The molecule has 25 heavy (non-hydrogen) atoms. The van der Waals surface area contributed by atoms with Gasteiger partial charge in [0.15, 0.2) is 0 Å². The quantitative estimate of drug-likeness (QED) is 0.781. The monoisotopic (exact) mass is 335 g/mol. The van der Waals surface area contributed by atoms with Gasteiger partial charge in [-0.2, -0.15) is 5.26 Å². The van der Waals surface area contributed by atoms with E-state index in [1.807, 2.05) is 23.4 Å². The number of nitrogens with zero attached hydrogens (tertiary/aromatic N) is 4. The van der Waals surface area contributed by atoms with E-state index >= 15 is 0 Å². The average molecular weight is 335 g/mol. The van der Waals surface area contributed by atoms with E-state index in [1.165, 1.54) is 11.1 Å². The molecule has 1 aliphatic rings. The van der Waals surface area contributed by atoms with E-state index < -0.39 is 0 Å². The van der Waals surface area contributed by atoms with Crippen molar-refractivity contribution < 1.29 is 4.79 Å². The van der Waals surface area contributed by atoms with E-state index in [2.05, 4.69) is 40.6 Å². The molecule has 2 atom stereocenters. The Morgan fingerprint density at radius 3 is 3.16 bits per heavy atom. The highest BCUT2D eigenvalue weighted by molar-refractivity contribution is 6.04. The lowest BCUT2D eigenvalue weighted by Gasteiger charge is -2.38. The zero-order chi connectivity index (χ0) is 17.6. The number of hydrogen-bond donors (Lipinski definition) is 1. The molecule has 0 unspecified atom stereocenters. The van der Waals surface area contributed by atoms with Crippen LogP contribution in [-0.2, 0) is 4.79 Å². The summed E-state index contributed by atoms with van der Waals surface area (Å²) >= 11 is 0. The lowest BCUT2D eigenvalue weighted by atomic mass is 9.92. The van der Waals surface area contributed by atoms with E-state index in [4.69, 9.17) is 5.26 Å².